The van der Waals surface area contributed by atoms with Crippen LogP contribution in [0.15, 0.2) is 47.5 Å². The van der Waals surface area contributed by atoms with Gasteiger partial charge in [0.2, 0.25) is 5.82 Å². The Balaban J connectivity index is 1.39. The molecule has 1 N–H and O–H groups in total. The highest BCUT2D eigenvalue weighted by Gasteiger charge is 2.18. The van der Waals surface area contributed by atoms with Gasteiger partial charge in [0.05, 0.1) is 5.69 Å². The summed E-state index contributed by atoms with van der Waals surface area (Å²) >= 11 is 0. The summed E-state index contributed by atoms with van der Waals surface area (Å²) in [4.78, 5) is 27.3. The SMILES string of the molecule is Cc1cnccc1N1CCN(Cc2ccc(-c3nc(C)c(F)c(=O)[nH]3)cc2)CC1. The van der Waals surface area contributed by atoms with E-state index in [1.54, 1.807) is 0 Å². The molecule has 1 aliphatic heterocycles. The molecule has 3 heterocycles. The van der Waals surface area contributed by atoms with Crippen LogP contribution in [0.1, 0.15) is 16.8 Å². The fourth-order valence-corrected chi connectivity index (χ4v) is 3.70. The zero-order chi connectivity index (χ0) is 20.4. The Hall–Kier alpha value is -3.06. The van der Waals surface area contributed by atoms with Crippen LogP contribution >= 0.6 is 0 Å². The van der Waals surface area contributed by atoms with E-state index in [1.807, 2.05) is 36.7 Å². The lowest BCUT2D eigenvalue weighted by atomic mass is 10.1. The summed E-state index contributed by atoms with van der Waals surface area (Å²) in [5.74, 6) is -0.437. The van der Waals surface area contributed by atoms with Crippen LogP contribution in [-0.2, 0) is 6.54 Å². The summed E-state index contributed by atoms with van der Waals surface area (Å²) in [5, 5.41) is 0. The van der Waals surface area contributed by atoms with Crippen molar-refractivity contribution in [3.8, 4) is 11.4 Å². The van der Waals surface area contributed by atoms with Gasteiger partial charge in [-0.05, 0) is 31.0 Å². The van der Waals surface area contributed by atoms with E-state index in [2.05, 4.69) is 37.7 Å². The van der Waals surface area contributed by atoms with Crippen LogP contribution in [-0.4, -0.2) is 46.0 Å². The van der Waals surface area contributed by atoms with Gasteiger partial charge in [0, 0.05) is 56.4 Å². The number of aromatic nitrogens is 3. The lowest BCUT2D eigenvalue weighted by Crippen LogP contribution is -2.46. The minimum atomic E-state index is -0.827. The fourth-order valence-electron chi connectivity index (χ4n) is 3.70. The molecule has 0 saturated carbocycles. The molecular formula is C22H24FN5O. The van der Waals surface area contributed by atoms with Crippen LogP contribution in [0.5, 0.6) is 0 Å². The highest BCUT2D eigenvalue weighted by Crippen LogP contribution is 2.21. The third kappa shape index (κ3) is 4.19. The van der Waals surface area contributed by atoms with E-state index >= 15 is 0 Å². The molecule has 150 valence electrons. The molecule has 1 saturated heterocycles. The van der Waals surface area contributed by atoms with E-state index in [0.717, 1.165) is 38.3 Å². The number of H-pyrrole nitrogens is 1. The summed E-state index contributed by atoms with van der Waals surface area (Å²) in [6, 6.07) is 9.99. The second-order valence-corrected chi connectivity index (χ2v) is 7.44. The third-order valence-corrected chi connectivity index (χ3v) is 5.37. The number of anilines is 1. The van der Waals surface area contributed by atoms with E-state index in [0.29, 0.717) is 5.82 Å². The normalized spacial score (nSPS) is 14.9. The van der Waals surface area contributed by atoms with Crippen molar-refractivity contribution in [2.75, 3.05) is 31.1 Å². The summed E-state index contributed by atoms with van der Waals surface area (Å²) in [6.07, 6.45) is 3.76. The van der Waals surface area contributed by atoms with Crippen LogP contribution in [0.2, 0.25) is 0 Å². The summed E-state index contributed by atoms with van der Waals surface area (Å²) in [5.41, 5.74) is 3.81. The Morgan fingerprint density at radius 3 is 2.45 bits per heavy atom. The average molecular weight is 393 g/mol. The monoisotopic (exact) mass is 393 g/mol. The lowest BCUT2D eigenvalue weighted by molar-refractivity contribution is 0.250. The van der Waals surface area contributed by atoms with Crippen molar-refractivity contribution < 1.29 is 4.39 Å². The molecular weight excluding hydrogens is 369 g/mol. The van der Waals surface area contributed by atoms with Crippen LogP contribution in [0.25, 0.3) is 11.4 Å². The summed E-state index contributed by atoms with van der Waals surface area (Å²) in [6.45, 7) is 8.43. The second-order valence-electron chi connectivity index (χ2n) is 7.44. The number of benzene rings is 1. The van der Waals surface area contributed by atoms with E-state index in [9.17, 15) is 9.18 Å². The molecule has 29 heavy (non-hydrogen) atoms. The largest absolute Gasteiger partial charge is 0.369 e. The maximum Gasteiger partial charge on any atom is 0.287 e. The summed E-state index contributed by atoms with van der Waals surface area (Å²) in [7, 11) is 0. The Kier molecular flexibility index (Phi) is 5.40. The van der Waals surface area contributed by atoms with Crippen LogP contribution in [0.3, 0.4) is 0 Å². The third-order valence-electron chi connectivity index (χ3n) is 5.37. The first-order valence-corrected chi connectivity index (χ1v) is 9.75. The molecule has 1 aliphatic rings. The van der Waals surface area contributed by atoms with Crippen molar-refractivity contribution in [3.05, 3.63) is 75.7 Å². The van der Waals surface area contributed by atoms with Gasteiger partial charge in [-0.25, -0.2) is 4.98 Å². The molecule has 0 bridgehead atoms. The smallest absolute Gasteiger partial charge is 0.287 e. The quantitative estimate of drug-likeness (QED) is 0.738. The van der Waals surface area contributed by atoms with Gasteiger partial charge in [-0.15, -0.1) is 0 Å². The van der Waals surface area contributed by atoms with Crippen molar-refractivity contribution >= 4 is 5.69 Å². The van der Waals surface area contributed by atoms with E-state index < -0.39 is 11.4 Å². The minimum absolute atomic E-state index is 0.107. The highest BCUT2D eigenvalue weighted by molar-refractivity contribution is 5.55. The van der Waals surface area contributed by atoms with E-state index in [1.165, 1.54) is 23.7 Å². The molecule has 2 aromatic heterocycles. The van der Waals surface area contributed by atoms with Crippen molar-refractivity contribution in [2.45, 2.75) is 20.4 Å². The number of piperazine rings is 1. The molecule has 0 spiro atoms. The molecule has 6 nitrogen and oxygen atoms in total. The second kappa shape index (κ2) is 8.13. The van der Waals surface area contributed by atoms with Crippen molar-refractivity contribution in [2.24, 2.45) is 0 Å². The maximum atomic E-state index is 13.5. The zero-order valence-electron chi connectivity index (χ0n) is 16.7. The Morgan fingerprint density at radius 1 is 1.07 bits per heavy atom. The standard InChI is InChI=1S/C22H24FN5O/c1-15-13-24-8-7-19(15)28-11-9-27(10-12-28)14-17-3-5-18(6-4-17)21-25-16(2)20(23)22(29)26-21/h3-8,13H,9-12,14H2,1-2H3,(H,25,26,29). The van der Waals surface area contributed by atoms with E-state index in [-0.39, 0.29) is 5.69 Å². The van der Waals surface area contributed by atoms with Gasteiger partial charge in [0.15, 0.2) is 0 Å². The molecule has 0 aliphatic carbocycles. The van der Waals surface area contributed by atoms with Crippen molar-refractivity contribution in [1.29, 1.82) is 0 Å². The molecule has 1 fully saturated rings. The number of halogens is 1. The topological polar surface area (TPSA) is 65.1 Å². The molecule has 1 aromatic carbocycles. The molecule has 0 unspecified atom stereocenters. The van der Waals surface area contributed by atoms with Gasteiger partial charge < -0.3 is 9.88 Å². The van der Waals surface area contributed by atoms with Crippen molar-refractivity contribution in [1.82, 2.24) is 19.9 Å². The van der Waals surface area contributed by atoms with Crippen LogP contribution < -0.4 is 10.5 Å². The van der Waals surface area contributed by atoms with Crippen LogP contribution in [0.4, 0.5) is 10.1 Å². The predicted octanol–water partition coefficient (Wildman–Crippen LogP) is 2.91. The molecule has 0 amide bonds. The van der Waals surface area contributed by atoms with Gasteiger partial charge in [0.1, 0.15) is 5.82 Å². The molecule has 3 aromatic rings. The molecule has 7 heteroatoms. The molecule has 4 rings (SSSR count). The number of hydrogen-bond donors (Lipinski definition) is 1. The van der Waals surface area contributed by atoms with E-state index in [4.69, 9.17) is 0 Å². The number of pyridine rings is 1. The van der Waals surface area contributed by atoms with Gasteiger partial charge in [0.25, 0.3) is 5.56 Å². The number of aryl methyl sites for hydroxylation is 2. The van der Waals surface area contributed by atoms with Gasteiger partial charge >= 0.3 is 0 Å². The fraction of sp³-hybridized carbons (Fsp3) is 0.318. The predicted molar refractivity (Wildman–Crippen MR) is 111 cm³/mol. The Morgan fingerprint density at radius 2 is 1.79 bits per heavy atom. The summed E-state index contributed by atoms with van der Waals surface area (Å²) < 4.78 is 13.5. The van der Waals surface area contributed by atoms with Gasteiger partial charge in [-0.3, -0.25) is 14.7 Å². The maximum absolute atomic E-state index is 13.5. The van der Waals surface area contributed by atoms with Gasteiger partial charge in [-0.1, -0.05) is 24.3 Å². The minimum Gasteiger partial charge on any atom is -0.369 e. The molecule has 0 atom stereocenters. The first-order valence-electron chi connectivity index (χ1n) is 9.75. The zero-order valence-corrected chi connectivity index (χ0v) is 16.7. The number of nitrogens with one attached hydrogen (secondary N) is 1. The number of aromatic amines is 1. The molecule has 0 radical (unpaired) electrons. The highest BCUT2D eigenvalue weighted by atomic mass is 19.1. The Bertz CT molecular complexity index is 1060. The first kappa shape index (κ1) is 19.3. The number of nitrogens with zero attached hydrogens (tertiary/aromatic N) is 4. The van der Waals surface area contributed by atoms with Crippen molar-refractivity contribution in [3.63, 3.8) is 0 Å². The number of hydrogen-bond acceptors (Lipinski definition) is 5. The van der Waals surface area contributed by atoms with Gasteiger partial charge in [-0.2, -0.15) is 4.39 Å². The Labute approximate surface area is 169 Å². The average Bonchev–Trinajstić information content (AvgIpc) is 2.73. The lowest BCUT2D eigenvalue weighted by Gasteiger charge is -2.36. The van der Waals surface area contributed by atoms with Crippen LogP contribution in [0, 0.1) is 19.7 Å². The first-order chi connectivity index (χ1) is 14.0. The number of rotatable bonds is 4.